The van der Waals surface area contributed by atoms with E-state index >= 15 is 0 Å². The Hall–Kier alpha value is -1.91. The van der Waals surface area contributed by atoms with Crippen molar-refractivity contribution in [3.63, 3.8) is 0 Å². The van der Waals surface area contributed by atoms with Crippen molar-refractivity contribution in [2.24, 2.45) is 0 Å². The second-order valence-corrected chi connectivity index (χ2v) is 3.96. The number of nitrogens with two attached hydrogens (primary N) is 1. The predicted molar refractivity (Wildman–Crippen MR) is 66.3 cm³/mol. The van der Waals surface area contributed by atoms with Crippen LogP contribution < -0.4 is 16.2 Å². The first-order valence-corrected chi connectivity index (χ1v) is 5.76. The lowest BCUT2D eigenvalue weighted by Crippen LogP contribution is -2.00. The number of unbranched alkanes of at least 4 members (excludes halogenated alkanes) is 2. The molecule has 0 saturated heterocycles. The monoisotopic (exact) mass is 236 g/mol. The van der Waals surface area contributed by atoms with E-state index in [2.05, 4.69) is 11.9 Å². The summed E-state index contributed by atoms with van der Waals surface area (Å²) in [6.45, 7) is 2.77. The molecule has 1 aromatic heterocycles. The summed E-state index contributed by atoms with van der Waals surface area (Å²) in [6.07, 6.45) is 3.27. The summed E-state index contributed by atoms with van der Waals surface area (Å²) in [5.74, 6) is 0.105. The van der Waals surface area contributed by atoms with Crippen molar-refractivity contribution in [2.75, 3.05) is 12.3 Å². The van der Waals surface area contributed by atoms with Crippen LogP contribution in [0.3, 0.4) is 0 Å². The van der Waals surface area contributed by atoms with E-state index in [4.69, 9.17) is 14.9 Å². The van der Waals surface area contributed by atoms with Crippen molar-refractivity contribution in [2.45, 2.75) is 26.2 Å². The third-order valence-electron chi connectivity index (χ3n) is 2.56. The summed E-state index contributed by atoms with van der Waals surface area (Å²) in [6, 6.07) is 3.30. The number of aromatic nitrogens is 1. The highest BCUT2D eigenvalue weighted by Gasteiger charge is 2.07. The second kappa shape index (κ2) is 4.95. The van der Waals surface area contributed by atoms with Crippen LogP contribution in [0.4, 0.5) is 5.69 Å². The van der Waals surface area contributed by atoms with E-state index in [9.17, 15) is 4.79 Å². The largest absolute Gasteiger partial charge is 0.491 e. The number of rotatable bonds is 5. The second-order valence-electron chi connectivity index (χ2n) is 3.96. The van der Waals surface area contributed by atoms with Gasteiger partial charge in [0, 0.05) is 12.1 Å². The molecule has 1 aromatic carbocycles. The van der Waals surface area contributed by atoms with Crippen LogP contribution >= 0.6 is 0 Å². The van der Waals surface area contributed by atoms with E-state index in [0.717, 1.165) is 19.3 Å². The van der Waals surface area contributed by atoms with E-state index in [0.29, 0.717) is 29.1 Å². The van der Waals surface area contributed by atoms with Crippen molar-refractivity contribution < 1.29 is 9.15 Å². The van der Waals surface area contributed by atoms with Gasteiger partial charge in [-0.3, -0.25) is 4.98 Å². The van der Waals surface area contributed by atoms with Crippen LogP contribution in [-0.2, 0) is 0 Å². The molecular formula is C12H16N2O3. The van der Waals surface area contributed by atoms with Gasteiger partial charge < -0.3 is 14.9 Å². The molecule has 92 valence electrons. The lowest BCUT2D eigenvalue weighted by Gasteiger charge is -2.08. The maximum absolute atomic E-state index is 11.0. The van der Waals surface area contributed by atoms with Gasteiger partial charge in [-0.15, -0.1) is 0 Å². The number of fused-ring (bicyclic) bond motifs is 1. The van der Waals surface area contributed by atoms with E-state index in [1.54, 1.807) is 12.1 Å². The first-order chi connectivity index (χ1) is 8.20. The number of hydrogen-bond acceptors (Lipinski definition) is 4. The van der Waals surface area contributed by atoms with Crippen molar-refractivity contribution in [1.29, 1.82) is 0 Å². The van der Waals surface area contributed by atoms with Crippen LogP contribution in [0.2, 0.25) is 0 Å². The number of oxazole rings is 1. The highest BCUT2D eigenvalue weighted by Crippen LogP contribution is 2.26. The lowest BCUT2D eigenvalue weighted by atomic mass is 10.2. The summed E-state index contributed by atoms with van der Waals surface area (Å²) in [5.41, 5.74) is 7.35. The molecule has 0 radical (unpaired) electrons. The van der Waals surface area contributed by atoms with Gasteiger partial charge in [0.15, 0.2) is 5.58 Å². The molecule has 0 fully saturated rings. The Bertz CT molecular complexity index is 556. The van der Waals surface area contributed by atoms with Crippen LogP contribution in [0.1, 0.15) is 26.2 Å². The molecule has 17 heavy (non-hydrogen) atoms. The average Bonchev–Trinajstić information content (AvgIpc) is 2.63. The topological polar surface area (TPSA) is 81.2 Å². The van der Waals surface area contributed by atoms with Gasteiger partial charge in [0.2, 0.25) is 0 Å². The molecule has 0 aliphatic heterocycles. The fourth-order valence-electron chi connectivity index (χ4n) is 1.65. The highest BCUT2D eigenvalue weighted by molar-refractivity contribution is 5.80. The molecule has 2 rings (SSSR count). The van der Waals surface area contributed by atoms with Crippen molar-refractivity contribution in [3.05, 3.63) is 22.7 Å². The summed E-state index contributed by atoms with van der Waals surface area (Å²) < 4.78 is 10.5. The smallest absolute Gasteiger partial charge is 0.417 e. The maximum Gasteiger partial charge on any atom is 0.417 e. The van der Waals surface area contributed by atoms with Gasteiger partial charge in [-0.2, -0.15) is 0 Å². The first kappa shape index (κ1) is 11.6. The fourth-order valence-corrected chi connectivity index (χ4v) is 1.65. The molecule has 5 heteroatoms. The molecular weight excluding hydrogens is 220 g/mol. The van der Waals surface area contributed by atoms with Crippen molar-refractivity contribution >= 4 is 16.8 Å². The maximum atomic E-state index is 11.0. The molecule has 0 bridgehead atoms. The van der Waals surface area contributed by atoms with E-state index < -0.39 is 5.76 Å². The van der Waals surface area contributed by atoms with Gasteiger partial charge in [-0.05, 0) is 6.42 Å². The van der Waals surface area contributed by atoms with Crippen LogP contribution in [0.25, 0.3) is 11.1 Å². The Morgan fingerprint density at radius 3 is 3.00 bits per heavy atom. The highest BCUT2D eigenvalue weighted by atomic mass is 16.5. The quantitative estimate of drug-likeness (QED) is 0.616. The lowest BCUT2D eigenvalue weighted by molar-refractivity contribution is 0.308. The first-order valence-electron chi connectivity index (χ1n) is 5.76. The van der Waals surface area contributed by atoms with E-state index in [1.807, 2.05) is 0 Å². The molecule has 0 atom stereocenters. The fraction of sp³-hybridized carbons (Fsp3) is 0.417. The zero-order chi connectivity index (χ0) is 12.3. The molecule has 2 aromatic rings. The third-order valence-corrected chi connectivity index (χ3v) is 2.56. The molecule has 0 aliphatic rings. The Labute approximate surface area is 98.6 Å². The van der Waals surface area contributed by atoms with Gasteiger partial charge >= 0.3 is 5.76 Å². The minimum Gasteiger partial charge on any atom is -0.491 e. The van der Waals surface area contributed by atoms with Crippen LogP contribution in [0.15, 0.2) is 21.3 Å². The minimum absolute atomic E-state index is 0.452. The van der Waals surface area contributed by atoms with Crippen molar-refractivity contribution in [1.82, 2.24) is 4.98 Å². The number of H-pyrrole nitrogens is 1. The molecule has 1 heterocycles. The molecule has 0 amide bonds. The number of aromatic amines is 1. The van der Waals surface area contributed by atoms with Gasteiger partial charge in [0.05, 0.1) is 17.8 Å². The Kier molecular flexibility index (Phi) is 3.37. The number of hydrogen-bond donors (Lipinski definition) is 2. The predicted octanol–water partition coefficient (Wildman–Crippen LogP) is 2.27. The number of benzene rings is 1. The number of anilines is 1. The van der Waals surface area contributed by atoms with Gasteiger partial charge in [-0.1, -0.05) is 19.8 Å². The molecule has 3 N–H and O–H groups in total. The SMILES string of the molecule is CCCCCOc1cc2[nH]c(=O)oc2cc1N. The van der Waals surface area contributed by atoms with E-state index in [1.165, 1.54) is 0 Å². The summed E-state index contributed by atoms with van der Waals surface area (Å²) in [7, 11) is 0. The average molecular weight is 236 g/mol. The number of nitrogen functional groups attached to an aromatic ring is 1. The standard InChI is InChI=1S/C12H16N2O3/c1-2-3-4-5-16-10-7-9-11(6-8(10)13)17-12(15)14-9/h6-7H,2-5,13H2,1H3,(H,14,15). The zero-order valence-corrected chi connectivity index (χ0v) is 9.79. The summed E-state index contributed by atoms with van der Waals surface area (Å²) >= 11 is 0. The number of ether oxygens (including phenoxy) is 1. The summed E-state index contributed by atoms with van der Waals surface area (Å²) in [5, 5.41) is 0. The van der Waals surface area contributed by atoms with Crippen molar-refractivity contribution in [3.8, 4) is 5.75 Å². The third kappa shape index (κ3) is 2.61. The van der Waals surface area contributed by atoms with Crippen LogP contribution in [0.5, 0.6) is 5.75 Å². The van der Waals surface area contributed by atoms with Crippen LogP contribution in [0, 0.1) is 0 Å². The molecule has 0 saturated carbocycles. The Balaban J connectivity index is 2.16. The zero-order valence-electron chi connectivity index (χ0n) is 9.79. The van der Waals surface area contributed by atoms with Gasteiger partial charge in [0.1, 0.15) is 5.75 Å². The minimum atomic E-state index is -0.484. The molecule has 0 unspecified atom stereocenters. The normalized spacial score (nSPS) is 10.9. The van der Waals surface area contributed by atoms with E-state index in [-0.39, 0.29) is 0 Å². The Morgan fingerprint density at radius 2 is 2.24 bits per heavy atom. The van der Waals surface area contributed by atoms with Gasteiger partial charge in [-0.25, -0.2) is 4.79 Å². The Morgan fingerprint density at radius 1 is 1.41 bits per heavy atom. The summed E-state index contributed by atoms with van der Waals surface area (Å²) in [4.78, 5) is 13.6. The molecule has 0 aliphatic carbocycles. The molecule has 5 nitrogen and oxygen atoms in total. The molecule has 0 spiro atoms. The van der Waals surface area contributed by atoms with Crippen LogP contribution in [-0.4, -0.2) is 11.6 Å². The number of nitrogens with one attached hydrogen (secondary N) is 1. The van der Waals surface area contributed by atoms with Gasteiger partial charge in [0.25, 0.3) is 0 Å².